The van der Waals surface area contributed by atoms with E-state index in [4.69, 9.17) is 6.42 Å². The fourth-order valence-corrected chi connectivity index (χ4v) is 2.01. The molecule has 0 heterocycles. The molecular formula is C16H22N2O2. The van der Waals surface area contributed by atoms with Gasteiger partial charge >= 0.3 is 6.03 Å². The molecule has 108 valence electrons. The number of hydrogen-bond acceptors (Lipinski definition) is 2. The van der Waals surface area contributed by atoms with Crippen LogP contribution in [0.3, 0.4) is 0 Å². The molecule has 0 aliphatic rings. The third-order valence-corrected chi connectivity index (χ3v) is 2.89. The summed E-state index contributed by atoms with van der Waals surface area (Å²) in [6, 6.07) is 5.46. The number of aliphatic hydroxyl groups is 1. The zero-order chi connectivity index (χ0) is 15.1. The first kappa shape index (κ1) is 16.1. The van der Waals surface area contributed by atoms with Gasteiger partial charge in [-0.25, -0.2) is 4.79 Å². The predicted octanol–water partition coefficient (Wildman–Crippen LogP) is 2.05. The Kier molecular flexibility index (Phi) is 6.08. The number of urea groups is 1. The van der Waals surface area contributed by atoms with Gasteiger partial charge in [-0.3, -0.25) is 0 Å². The highest BCUT2D eigenvalue weighted by Gasteiger charge is 2.11. The Balaban J connectivity index is 2.49. The quantitative estimate of drug-likeness (QED) is 0.720. The molecular weight excluding hydrogens is 252 g/mol. The van der Waals surface area contributed by atoms with Crippen LogP contribution < -0.4 is 10.6 Å². The van der Waals surface area contributed by atoms with Crippen LogP contribution in [0.2, 0.25) is 0 Å². The zero-order valence-corrected chi connectivity index (χ0v) is 12.2. The van der Waals surface area contributed by atoms with Crippen molar-refractivity contribution < 1.29 is 9.90 Å². The summed E-state index contributed by atoms with van der Waals surface area (Å²) in [4.78, 5) is 11.6. The molecule has 0 aromatic heterocycles. The lowest BCUT2D eigenvalue weighted by atomic mass is 10.0. The highest BCUT2D eigenvalue weighted by Crippen LogP contribution is 2.16. The molecule has 1 rings (SSSR count). The number of amides is 2. The van der Waals surface area contributed by atoms with Crippen molar-refractivity contribution in [2.45, 2.75) is 39.3 Å². The molecule has 0 radical (unpaired) electrons. The van der Waals surface area contributed by atoms with E-state index in [1.807, 2.05) is 39.0 Å². The van der Waals surface area contributed by atoms with E-state index < -0.39 is 6.10 Å². The summed E-state index contributed by atoms with van der Waals surface area (Å²) in [7, 11) is 0. The van der Waals surface area contributed by atoms with E-state index in [0.29, 0.717) is 6.42 Å². The zero-order valence-electron chi connectivity index (χ0n) is 12.2. The maximum Gasteiger partial charge on any atom is 0.315 e. The Bertz CT molecular complexity index is 485. The molecule has 20 heavy (non-hydrogen) atoms. The van der Waals surface area contributed by atoms with Crippen molar-refractivity contribution >= 4 is 6.03 Å². The van der Waals surface area contributed by atoms with Gasteiger partial charge in [0.1, 0.15) is 0 Å². The molecule has 0 bridgehead atoms. The highest BCUT2D eigenvalue weighted by molar-refractivity contribution is 5.74. The maximum atomic E-state index is 11.6. The van der Waals surface area contributed by atoms with Crippen molar-refractivity contribution in [3.8, 4) is 12.3 Å². The number of nitrogens with one attached hydrogen (secondary N) is 2. The first-order valence-corrected chi connectivity index (χ1v) is 6.66. The lowest BCUT2D eigenvalue weighted by Gasteiger charge is -2.16. The summed E-state index contributed by atoms with van der Waals surface area (Å²) in [6.07, 6.45) is 4.93. The minimum Gasteiger partial charge on any atom is -0.387 e. The molecule has 1 aromatic rings. The predicted molar refractivity (Wildman–Crippen MR) is 80.3 cm³/mol. The molecule has 4 heteroatoms. The molecule has 0 saturated carbocycles. The summed E-state index contributed by atoms with van der Waals surface area (Å²) in [5.74, 6) is 2.48. The van der Waals surface area contributed by atoms with Gasteiger partial charge in [0.05, 0.1) is 6.10 Å². The summed E-state index contributed by atoms with van der Waals surface area (Å²) in [5, 5.41) is 15.4. The van der Waals surface area contributed by atoms with Gasteiger partial charge in [-0.05, 0) is 26.3 Å². The minimum absolute atomic E-state index is 0.0849. The Labute approximate surface area is 120 Å². The highest BCUT2D eigenvalue weighted by atomic mass is 16.3. The van der Waals surface area contributed by atoms with Gasteiger partial charge in [0.2, 0.25) is 0 Å². The number of carbonyl (C=O) groups is 1. The van der Waals surface area contributed by atoms with Crippen LogP contribution in [0.1, 0.15) is 36.1 Å². The van der Waals surface area contributed by atoms with Crippen LogP contribution in [0.4, 0.5) is 4.79 Å². The fraction of sp³-hybridized carbons (Fsp3) is 0.438. The van der Waals surface area contributed by atoms with Crippen LogP contribution in [0.5, 0.6) is 0 Å². The summed E-state index contributed by atoms with van der Waals surface area (Å²) in [6.45, 7) is 5.95. The standard InChI is InChI=1S/C16H22N2O2/c1-5-6-13(4)18-16(20)17-10-15(19)14-8-11(2)7-12(3)9-14/h1,7-9,13,15,19H,6,10H2,2-4H3,(H2,17,18,20)/t13-,15+/m0/s1. The molecule has 0 unspecified atom stereocenters. The van der Waals surface area contributed by atoms with E-state index in [0.717, 1.165) is 16.7 Å². The number of hydrogen-bond donors (Lipinski definition) is 3. The van der Waals surface area contributed by atoms with Crippen LogP contribution in [-0.2, 0) is 0 Å². The van der Waals surface area contributed by atoms with Gasteiger partial charge in [-0.1, -0.05) is 29.3 Å². The van der Waals surface area contributed by atoms with Crippen molar-refractivity contribution in [2.24, 2.45) is 0 Å². The van der Waals surface area contributed by atoms with Crippen molar-refractivity contribution in [2.75, 3.05) is 6.54 Å². The Morgan fingerprint density at radius 3 is 2.50 bits per heavy atom. The molecule has 0 spiro atoms. The van der Waals surface area contributed by atoms with Gasteiger partial charge in [-0.15, -0.1) is 12.3 Å². The van der Waals surface area contributed by atoms with Crippen LogP contribution >= 0.6 is 0 Å². The lowest BCUT2D eigenvalue weighted by molar-refractivity contribution is 0.172. The van der Waals surface area contributed by atoms with E-state index >= 15 is 0 Å². The van der Waals surface area contributed by atoms with Crippen LogP contribution in [-0.4, -0.2) is 23.7 Å². The maximum absolute atomic E-state index is 11.6. The number of aliphatic hydroxyl groups excluding tert-OH is 1. The van der Waals surface area contributed by atoms with Crippen molar-refractivity contribution in [1.29, 1.82) is 0 Å². The lowest BCUT2D eigenvalue weighted by Crippen LogP contribution is -2.42. The fourth-order valence-electron chi connectivity index (χ4n) is 2.01. The average Bonchev–Trinajstić information content (AvgIpc) is 2.35. The van der Waals surface area contributed by atoms with Crippen molar-refractivity contribution in [3.63, 3.8) is 0 Å². The Hall–Kier alpha value is -1.99. The smallest absolute Gasteiger partial charge is 0.315 e. The number of aryl methyl sites for hydroxylation is 2. The minimum atomic E-state index is -0.720. The second-order valence-electron chi connectivity index (χ2n) is 5.10. The molecule has 2 atom stereocenters. The third kappa shape index (κ3) is 5.33. The van der Waals surface area contributed by atoms with E-state index in [9.17, 15) is 9.90 Å². The van der Waals surface area contributed by atoms with Crippen molar-refractivity contribution in [1.82, 2.24) is 10.6 Å². The first-order valence-electron chi connectivity index (χ1n) is 6.66. The van der Waals surface area contributed by atoms with E-state index in [1.165, 1.54) is 0 Å². The van der Waals surface area contributed by atoms with E-state index in [2.05, 4.69) is 16.6 Å². The van der Waals surface area contributed by atoms with Gasteiger partial charge in [0.15, 0.2) is 0 Å². The van der Waals surface area contributed by atoms with Crippen LogP contribution in [0, 0.1) is 26.2 Å². The average molecular weight is 274 g/mol. The number of carbonyl (C=O) groups excluding carboxylic acids is 1. The second-order valence-corrected chi connectivity index (χ2v) is 5.10. The molecule has 2 amide bonds. The number of rotatable bonds is 5. The first-order chi connectivity index (χ1) is 9.42. The summed E-state index contributed by atoms with van der Waals surface area (Å²) in [5.41, 5.74) is 2.98. The molecule has 3 N–H and O–H groups in total. The van der Waals surface area contributed by atoms with E-state index in [1.54, 1.807) is 0 Å². The molecule has 0 saturated heterocycles. The molecule has 1 aromatic carbocycles. The van der Waals surface area contributed by atoms with Crippen molar-refractivity contribution in [3.05, 3.63) is 34.9 Å². The topological polar surface area (TPSA) is 61.4 Å². The number of terminal acetylenes is 1. The number of benzene rings is 1. The normalized spacial score (nSPS) is 13.2. The van der Waals surface area contributed by atoms with Crippen LogP contribution in [0.25, 0.3) is 0 Å². The van der Waals surface area contributed by atoms with Gasteiger partial charge in [0, 0.05) is 19.0 Å². The third-order valence-electron chi connectivity index (χ3n) is 2.89. The molecule has 0 fully saturated rings. The monoisotopic (exact) mass is 274 g/mol. The molecule has 0 aliphatic carbocycles. The van der Waals surface area contributed by atoms with Gasteiger partial charge in [0.25, 0.3) is 0 Å². The molecule has 0 aliphatic heterocycles. The Morgan fingerprint density at radius 2 is 1.95 bits per heavy atom. The Morgan fingerprint density at radius 1 is 1.35 bits per heavy atom. The second kappa shape index (κ2) is 7.56. The SMILES string of the molecule is C#CC[C@H](C)NC(=O)NC[C@@H](O)c1cc(C)cc(C)c1. The molecule has 4 nitrogen and oxygen atoms in total. The van der Waals surface area contributed by atoms with Gasteiger partial charge < -0.3 is 15.7 Å². The summed E-state index contributed by atoms with van der Waals surface area (Å²) >= 11 is 0. The largest absolute Gasteiger partial charge is 0.387 e. The van der Waals surface area contributed by atoms with Gasteiger partial charge in [-0.2, -0.15) is 0 Å². The summed E-state index contributed by atoms with van der Waals surface area (Å²) < 4.78 is 0. The van der Waals surface area contributed by atoms with E-state index in [-0.39, 0.29) is 18.6 Å². The van der Waals surface area contributed by atoms with Crippen LogP contribution in [0.15, 0.2) is 18.2 Å².